The van der Waals surface area contributed by atoms with Gasteiger partial charge in [0.2, 0.25) is 0 Å². The molecule has 0 heterocycles. The van der Waals surface area contributed by atoms with Crippen LogP contribution in [0.3, 0.4) is 0 Å². The third-order valence-electron chi connectivity index (χ3n) is 6.41. The van der Waals surface area contributed by atoms with Crippen molar-refractivity contribution in [3.63, 3.8) is 0 Å². The molecule has 3 rings (SSSR count). The zero-order chi connectivity index (χ0) is 30.8. The summed E-state index contributed by atoms with van der Waals surface area (Å²) in [5.41, 5.74) is 1.13. The minimum atomic E-state index is -0.719. The van der Waals surface area contributed by atoms with Crippen LogP contribution in [0.2, 0.25) is 0 Å². The van der Waals surface area contributed by atoms with Crippen molar-refractivity contribution in [2.24, 2.45) is 0 Å². The Morgan fingerprint density at radius 1 is 0.667 bits per heavy atom. The number of benzene rings is 3. The molecule has 0 fully saturated rings. The molecule has 0 unspecified atom stereocenters. The number of nitrogens with zero attached hydrogens (tertiary/aromatic N) is 1. The van der Waals surface area contributed by atoms with Crippen molar-refractivity contribution in [2.45, 2.75) is 58.3 Å². The molecular weight excluding hydrogens is 530 g/mol. The van der Waals surface area contributed by atoms with E-state index in [4.69, 9.17) is 14.2 Å². The standard InChI is InChI=1S/C34H45N3O5/c1-32(2,3)41-30(38)35-22-24-37(31(39)42-33(4,5)6)25-23-36-34(26-14-10-8-11-15-26,27-16-12-9-13-17-27)28-18-20-29(40-7)21-19-28/h8-21,36H,22-25H2,1-7H3,(H,35,38). The Balaban J connectivity index is 1.90. The van der Waals surface area contributed by atoms with E-state index in [0.29, 0.717) is 13.1 Å². The summed E-state index contributed by atoms with van der Waals surface area (Å²) in [6.07, 6.45) is -0.985. The second-order valence-corrected chi connectivity index (χ2v) is 12.0. The number of rotatable bonds is 11. The number of alkyl carbamates (subject to hydrolysis) is 1. The maximum absolute atomic E-state index is 13.2. The van der Waals surface area contributed by atoms with Crippen LogP contribution >= 0.6 is 0 Å². The van der Waals surface area contributed by atoms with Crippen LogP contribution < -0.4 is 15.4 Å². The van der Waals surface area contributed by atoms with Crippen molar-refractivity contribution < 1.29 is 23.8 Å². The number of nitrogens with one attached hydrogen (secondary N) is 2. The molecule has 2 amide bonds. The molecule has 3 aromatic rings. The average molecular weight is 576 g/mol. The fourth-order valence-corrected chi connectivity index (χ4v) is 4.63. The first-order valence-electron chi connectivity index (χ1n) is 14.3. The Labute approximate surface area is 250 Å². The minimum Gasteiger partial charge on any atom is -0.497 e. The molecule has 0 aliphatic rings. The first-order chi connectivity index (χ1) is 19.8. The maximum Gasteiger partial charge on any atom is 0.410 e. The lowest BCUT2D eigenvalue weighted by atomic mass is 9.77. The number of carbonyl (C=O) groups excluding carboxylic acids is 2. The number of hydrogen-bond acceptors (Lipinski definition) is 6. The van der Waals surface area contributed by atoms with Crippen LogP contribution in [0.5, 0.6) is 5.75 Å². The van der Waals surface area contributed by atoms with Gasteiger partial charge in [0.1, 0.15) is 17.0 Å². The third kappa shape index (κ3) is 9.24. The fourth-order valence-electron chi connectivity index (χ4n) is 4.63. The zero-order valence-corrected chi connectivity index (χ0v) is 25.9. The van der Waals surface area contributed by atoms with Crippen molar-refractivity contribution in [2.75, 3.05) is 33.3 Å². The van der Waals surface area contributed by atoms with E-state index in [1.54, 1.807) is 32.8 Å². The van der Waals surface area contributed by atoms with Crippen LogP contribution in [-0.2, 0) is 15.0 Å². The van der Waals surface area contributed by atoms with Crippen molar-refractivity contribution >= 4 is 12.2 Å². The van der Waals surface area contributed by atoms with Gasteiger partial charge in [0.05, 0.1) is 12.6 Å². The molecule has 2 N–H and O–H groups in total. The van der Waals surface area contributed by atoms with E-state index >= 15 is 0 Å². The lowest BCUT2D eigenvalue weighted by molar-refractivity contribution is 0.0240. The van der Waals surface area contributed by atoms with Crippen LogP contribution in [0.1, 0.15) is 58.2 Å². The van der Waals surface area contributed by atoms with E-state index in [0.717, 1.165) is 22.4 Å². The SMILES string of the molecule is COc1ccc(C(NCCN(CCNC(=O)OC(C)(C)C)C(=O)OC(C)(C)C)(c2ccccc2)c2ccccc2)cc1. The second-order valence-electron chi connectivity index (χ2n) is 12.0. The molecule has 8 nitrogen and oxygen atoms in total. The van der Waals surface area contributed by atoms with Gasteiger partial charge in [-0.1, -0.05) is 72.8 Å². The highest BCUT2D eigenvalue weighted by atomic mass is 16.6. The van der Waals surface area contributed by atoms with Crippen LogP contribution in [0.4, 0.5) is 9.59 Å². The lowest BCUT2D eigenvalue weighted by Gasteiger charge is -2.38. The number of amides is 2. The van der Waals surface area contributed by atoms with Gasteiger partial charge in [-0.25, -0.2) is 9.59 Å². The molecule has 42 heavy (non-hydrogen) atoms. The minimum absolute atomic E-state index is 0.217. The van der Waals surface area contributed by atoms with Crippen molar-refractivity contribution in [3.05, 3.63) is 102 Å². The van der Waals surface area contributed by atoms with E-state index in [-0.39, 0.29) is 13.1 Å². The van der Waals surface area contributed by atoms with Crippen LogP contribution in [0, 0.1) is 0 Å². The molecule has 226 valence electrons. The first-order valence-corrected chi connectivity index (χ1v) is 14.3. The summed E-state index contributed by atoms with van der Waals surface area (Å²) in [5, 5.41) is 6.54. The molecule has 0 aromatic heterocycles. The third-order valence-corrected chi connectivity index (χ3v) is 6.41. The number of carbonyl (C=O) groups is 2. The molecule has 0 bridgehead atoms. The van der Waals surface area contributed by atoms with Gasteiger partial charge in [0.15, 0.2) is 0 Å². The van der Waals surface area contributed by atoms with Gasteiger partial charge >= 0.3 is 12.2 Å². The predicted molar refractivity (Wildman–Crippen MR) is 166 cm³/mol. The number of ether oxygens (including phenoxy) is 3. The summed E-state index contributed by atoms with van der Waals surface area (Å²) in [7, 11) is 1.65. The summed E-state index contributed by atoms with van der Waals surface area (Å²) in [6, 6.07) is 28.5. The van der Waals surface area contributed by atoms with E-state index < -0.39 is 28.9 Å². The van der Waals surface area contributed by atoms with Gasteiger partial charge < -0.3 is 24.4 Å². The van der Waals surface area contributed by atoms with Gasteiger partial charge in [0.25, 0.3) is 0 Å². The summed E-state index contributed by atoms with van der Waals surface area (Å²) in [4.78, 5) is 27.0. The normalized spacial score (nSPS) is 11.9. The zero-order valence-electron chi connectivity index (χ0n) is 25.9. The number of methoxy groups -OCH3 is 1. The molecule has 0 aliphatic heterocycles. The molecule has 8 heteroatoms. The highest BCUT2D eigenvalue weighted by molar-refractivity contribution is 5.69. The molecular formula is C34H45N3O5. The molecule has 0 aliphatic carbocycles. The Morgan fingerprint density at radius 2 is 1.14 bits per heavy atom. The quantitative estimate of drug-likeness (QED) is 0.260. The van der Waals surface area contributed by atoms with Crippen molar-refractivity contribution in [1.29, 1.82) is 0 Å². The van der Waals surface area contributed by atoms with Gasteiger partial charge in [-0.3, -0.25) is 5.32 Å². The molecule has 0 saturated carbocycles. The predicted octanol–water partition coefficient (Wildman–Crippen LogP) is 6.34. The molecule has 0 radical (unpaired) electrons. The smallest absolute Gasteiger partial charge is 0.410 e. The van der Waals surface area contributed by atoms with Gasteiger partial charge in [-0.15, -0.1) is 0 Å². The van der Waals surface area contributed by atoms with Crippen LogP contribution in [-0.4, -0.2) is 61.6 Å². The van der Waals surface area contributed by atoms with Gasteiger partial charge in [-0.2, -0.15) is 0 Å². The van der Waals surface area contributed by atoms with Crippen LogP contribution in [0.25, 0.3) is 0 Å². The topological polar surface area (TPSA) is 89.1 Å². The van der Waals surface area contributed by atoms with Crippen molar-refractivity contribution in [3.8, 4) is 5.75 Å². The van der Waals surface area contributed by atoms with E-state index in [1.807, 2.05) is 69.3 Å². The monoisotopic (exact) mass is 575 g/mol. The van der Waals surface area contributed by atoms with Gasteiger partial charge in [0, 0.05) is 26.2 Å². The highest BCUT2D eigenvalue weighted by Gasteiger charge is 2.36. The Hall–Kier alpha value is -4.04. The van der Waals surface area contributed by atoms with Crippen LogP contribution in [0.15, 0.2) is 84.9 Å². The summed E-state index contributed by atoms with van der Waals surface area (Å²) >= 11 is 0. The summed E-state index contributed by atoms with van der Waals surface area (Å²) in [6.45, 7) is 12.2. The molecule has 0 saturated heterocycles. The van der Waals surface area contributed by atoms with Gasteiger partial charge in [-0.05, 0) is 70.4 Å². The lowest BCUT2D eigenvalue weighted by Crippen LogP contribution is -2.50. The maximum atomic E-state index is 13.2. The Kier molecular flexibility index (Phi) is 11.0. The molecule has 0 atom stereocenters. The Morgan fingerprint density at radius 3 is 1.62 bits per heavy atom. The molecule has 3 aromatic carbocycles. The highest BCUT2D eigenvalue weighted by Crippen LogP contribution is 2.37. The average Bonchev–Trinajstić information content (AvgIpc) is 2.93. The first kappa shape index (κ1) is 32.5. The molecule has 0 spiro atoms. The second kappa shape index (κ2) is 14.2. The van der Waals surface area contributed by atoms with Crippen molar-refractivity contribution in [1.82, 2.24) is 15.5 Å². The van der Waals surface area contributed by atoms with E-state index in [9.17, 15) is 9.59 Å². The van der Waals surface area contributed by atoms with E-state index in [1.165, 1.54) is 0 Å². The van der Waals surface area contributed by atoms with E-state index in [2.05, 4.69) is 47.0 Å². The number of hydrogen-bond donors (Lipinski definition) is 2. The fraction of sp³-hybridized carbons (Fsp3) is 0.412. The summed E-state index contributed by atoms with van der Waals surface area (Å²) < 4.78 is 16.5. The summed E-state index contributed by atoms with van der Waals surface area (Å²) in [5.74, 6) is 0.766. The largest absolute Gasteiger partial charge is 0.497 e. The Bertz CT molecular complexity index is 1230.